The van der Waals surface area contributed by atoms with Crippen molar-refractivity contribution in [1.29, 1.82) is 5.26 Å². The fourth-order valence-electron chi connectivity index (χ4n) is 5.39. The van der Waals surface area contributed by atoms with Crippen LogP contribution in [-0.2, 0) is 50.2 Å². The summed E-state index contributed by atoms with van der Waals surface area (Å²) in [6.07, 6.45) is 4.30. The number of amides is 1. The molecule has 1 N–H and O–H groups in total. The van der Waals surface area contributed by atoms with Crippen LogP contribution in [0.3, 0.4) is 0 Å². The number of esters is 1. The molecule has 19 heteroatoms. The Morgan fingerprint density at radius 2 is 1.84 bits per heavy atom. The largest absolute Gasteiger partial charge is 0.512 e. The van der Waals surface area contributed by atoms with Gasteiger partial charge in [-0.25, -0.2) is 27.6 Å². The van der Waals surface area contributed by atoms with Crippen LogP contribution in [-0.4, -0.2) is 98.7 Å². The first kappa shape index (κ1) is 43.0. The second-order valence-electron chi connectivity index (χ2n) is 12.3. The van der Waals surface area contributed by atoms with E-state index in [0.717, 1.165) is 23.1 Å². The molecule has 1 aliphatic heterocycles. The first-order chi connectivity index (χ1) is 26.7. The van der Waals surface area contributed by atoms with Crippen molar-refractivity contribution in [2.45, 2.75) is 61.9 Å². The number of hydrogen-bond donors (Lipinski definition) is 1. The van der Waals surface area contributed by atoms with Gasteiger partial charge in [0.2, 0.25) is 12.2 Å². The maximum Gasteiger partial charge on any atom is 0.512 e. The lowest BCUT2D eigenvalue weighted by atomic mass is 9.89. The second-order valence-corrected chi connectivity index (χ2v) is 14.0. The molecule has 1 amide bonds. The highest BCUT2D eigenvalue weighted by Gasteiger charge is 2.47. The molecule has 1 aliphatic rings. The zero-order valence-electron chi connectivity index (χ0n) is 30.4. The molecule has 15 nitrogen and oxygen atoms in total. The molecule has 1 fully saturated rings. The molecule has 3 unspecified atom stereocenters. The molecule has 298 valence electrons. The highest BCUT2D eigenvalue weighted by Crippen LogP contribution is 2.42. The molecular formula is C37H38F3N5O10S. The van der Waals surface area contributed by atoms with E-state index >= 15 is 4.39 Å². The molecule has 4 rings (SSSR count). The molecule has 0 bridgehead atoms. The Hall–Kier alpha value is -5.71. The highest BCUT2D eigenvalue weighted by molar-refractivity contribution is 8.00. The molecule has 2 aromatic carbocycles. The third-order valence-corrected chi connectivity index (χ3v) is 9.59. The van der Waals surface area contributed by atoms with Crippen LogP contribution in [0.5, 0.6) is 0 Å². The van der Waals surface area contributed by atoms with Crippen LogP contribution in [0.15, 0.2) is 67.3 Å². The van der Waals surface area contributed by atoms with Gasteiger partial charge in [0.15, 0.2) is 11.9 Å². The zero-order chi connectivity index (χ0) is 40.8. The number of nitriles is 1. The Morgan fingerprint density at radius 1 is 1.09 bits per heavy atom. The van der Waals surface area contributed by atoms with Gasteiger partial charge >= 0.3 is 18.1 Å². The number of nitrogens with zero attached hydrogens (tertiary/aromatic N) is 5. The molecule has 3 aromatic rings. The molecule has 0 radical (unpaired) electrons. The van der Waals surface area contributed by atoms with Crippen LogP contribution in [0.25, 0.3) is 6.08 Å². The van der Waals surface area contributed by atoms with Crippen molar-refractivity contribution in [2.24, 2.45) is 0 Å². The number of hydrogen-bond acceptors (Lipinski definition) is 13. The van der Waals surface area contributed by atoms with Gasteiger partial charge < -0.3 is 33.7 Å². The number of halogens is 3. The van der Waals surface area contributed by atoms with Crippen LogP contribution < -0.4 is 0 Å². The van der Waals surface area contributed by atoms with E-state index in [-0.39, 0.29) is 42.9 Å². The third-order valence-electron chi connectivity index (χ3n) is 8.15. The highest BCUT2D eigenvalue weighted by atomic mass is 32.2. The van der Waals surface area contributed by atoms with E-state index in [2.05, 4.69) is 10.1 Å². The van der Waals surface area contributed by atoms with Gasteiger partial charge in [-0.2, -0.15) is 10.4 Å². The Labute approximate surface area is 323 Å². The van der Waals surface area contributed by atoms with E-state index in [0.29, 0.717) is 6.07 Å². The van der Waals surface area contributed by atoms with E-state index in [1.165, 1.54) is 61.3 Å². The minimum absolute atomic E-state index is 0.134. The van der Waals surface area contributed by atoms with Gasteiger partial charge in [0.05, 0.1) is 43.1 Å². The Bertz CT molecular complexity index is 1950. The average Bonchev–Trinajstić information content (AvgIpc) is 3.65. The topological polar surface area (TPSA) is 192 Å². The first-order valence-electron chi connectivity index (χ1n) is 16.9. The van der Waals surface area contributed by atoms with E-state index in [1.54, 1.807) is 25.2 Å². The summed E-state index contributed by atoms with van der Waals surface area (Å²) in [6.45, 7) is 2.22. The molecule has 0 saturated carbocycles. The Morgan fingerprint density at radius 3 is 2.48 bits per heavy atom. The number of ether oxygens (including phenoxy) is 5. The lowest BCUT2D eigenvalue weighted by Crippen LogP contribution is -2.47. The number of allylic oxidation sites excluding steroid dienone is 2. The monoisotopic (exact) mass is 801 g/mol. The molecule has 0 spiro atoms. The summed E-state index contributed by atoms with van der Waals surface area (Å²) in [6, 6.07) is 8.73. The molecule has 3 atom stereocenters. The van der Waals surface area contributed by atoms with Crippen molar-refractivity contribution >= 4 is 41.8 Å². The van der Waals surface area contributed by atoms with Crippen LogP contribution in [0, 0.1) is 28.8 Å². The minimum Gasteiger partial charge on any atom is -0.480 e. The molecule has 1 saturated heterocycles. The summed E-state index contributed by atoms with van der Waals surface area (Å²) < 4.78 is 73.2. The van der Waals surface area contributed by atoms with Gasteiger partial charge in [0, 0.05) is 42.8 Å². The molecular weight excluding hydrogens is 763 g/mol. The zero-order valence-corrected chi connectivity index (χ0v) is 31.2. The molecule has 0 aliphatic carbocycles. The number of carboxylic acid groups (broad SMARTS) is 1. The number of benzene rings is 2. The fourth-order valence-corrected chi connectivity index (χ4v) is 6.75. The maximum absolute atomic E-state index is 15.7. The van der Waals surface area contributed by atoms with Crippen molar-refractivity contribution in [1.82, 2.24) is 19.7 Å². The van der Waals surface area contributed by atoms with E-state index in [1.807, 2.05) is 6.07 Å². The number of carboxylic acids is 1. The Kier molecular flexibility index (Phi) is 15.6. The summed E-state index contributed by atoms with van der Waals surface area (Å²) in [4.78, 5) is 53.6. The summed E-state index contributed by atoms with van der Waals surface area (Å²) in [5, 5.41) is 20.6. The number of likely N-dealkylation sites (N-methyl/N-ethyl adjacent to an activating group) is 1. The lowest BCUT2D eigenvalue weighted by Gasteiger charge is -2.40. The number of carbonyl (C=O) groups excluding carboxylic acids is 3. The normalized spacial score (nSPS) is 17.7. The number of carbonyl (C=O) groups is 4. The summed E-state index contributed by atoms with van der Waals surface area (Å²) in [5.74, 6) is -5.28. The van der Waals surface area contributed by atoms with Gasteiger partial charge in [-0.1, -0.05) is 24.3 Å². The smallest absolute Gasteiger partial charge is 0.480 e. The molecule has 56 heavy (non-hydrogen) atoms. The standard InChI is InChI=1S/C37H38F3N5O10S/c1-23(56-28-18-51-35(52-19-28)7-5-4-6-26-9-8-25(16-41)14-30(26)39)37(20-45-22-42-21-43-45,29-11-10-27(38)15-31(29)40)55-36(50)54-24(2)53-34(49)13-12-32(46)44(3)17-33(47)48/h4-11,14-15,21-24,28,35H,12-13,17-20H2,1-3H3,(H,47,48). The van der Waals surface area contributed by atoms with Crippen molar-refractivity contribution in [3.05, 3.63) is 101 Å². The maximum atomic E-state index is 15.7. The number of thioether (sulfide) groups is 1. The van der Waals surface area contributed by atoms with Crippen LogP contribution in [0.4, 0.5) is 18.0 Å². The van der Waals surface area contributed by atoms with Gasteiger partial charge in [-0.3, -0.25) is 14.4 Å². The fraction of sp³-hybridized carbons (Fsp3) is 0.378. The quantitative estimate of drug-likeness (QED) is 0.109. The van der Waals surface area contributed by atoms with Crippen molar-refractivity contribution in [3.63, 3.8) is 0 Å². The minimum atomic E-state index is -1.96. The summed E-state index contributed by atoms with van der Waals surface area (Å²) in [5.41, 5.74) is -1.71. The van der Waals surface area contributed by atoms with Crippen LogP contribution >= 0.6 is 11.8 Å². The van der Waals surface area contributed by atoms with Gasteiger partial charge in [-0.05, 0) is 37.3 Å². The average molecular weight is 802 g/mol. The summed E-state index contributed by atoms with van der Waals surface area (Å²) >= 11 is 1.21. The van der Waals surface area contributed by atoms with Crippen molar-refractivity contribution < 1.29 is 61.1 Å². The first-order valence-corrected chi connectivity index (χ1v) is 17.9. The Balaban J connectivity index is 1.45. The van der Waals surface area contributed by atoms with E-state index < -0.39 is 83.1 Å². The number of aromatic nitrogens is 3. The van der Waals surface area contributed by atoms with Crippen molar-refractivity contribution in [3.8, 4) is 6.07 Å². The predicted octanol–water partition coefficient (Wildman–Crippen LogP) is 4.96. The third kappa shape index (κ3) is 12.4. The van der Waals surface area contributed by atoms with E-state index in [9.17, 15) is 28.0 Å². The van der Waals surface area contributed by atoms with Crippen molar-refractivity contribution in [2.75, 3.05) is 26.8 Å². The second kappa shape index (κ2) is 20.3. The molecule has 2 heterocycles. The predicted molar refractivity (Wildman–Crippen MR) is 192 cm³/mol. The van der Waals surface area contributed by atoms with E-state index in [4.69, 9.17) is 34.1 Å². The van der Waals surface area contributed by atoms with Gasteiger partial charge in [0.1, 0.15) is 36.7 Å². The number of rotatable bonds is 17. The lowest BCUT2D eigenvalue weighted by molar-refractivity contribution is -0.172. The van der Waals surface area contributed by atoms with Crippen LogP contribution in [0.1, 0.15) is 43.4 Å². The van der Waals surface area contributed by atoms with Gasteiger partial charge in [0.25, 0.3) is 0 Å². The SMILES string of the molecule is CC(OC(=O)CCC(=O)N(C)CC(=O)O)OC(=O)OC(Cn1cncn1)(c1ccc(F)cc1F)C(C)SC1COC(C=CC=Cc2ccc(C#N)cc2F)OC1. The number of aliphatic carboxylic acids is 1. The molecule has 1 aromatic heterocycles. The van der Waals surface area contributed by atoms with Gasteiger partial charge in [-0.15, -0.1) is 11.8 Å². The van der Waals surface area contributed by atoms with Crippen LogP contribution in [0.2, 0.25) is 0 Å². The summed E-state index contributed by atoms with van der Waals surface area (Å²) in [7, 11) is 1.26.